The van der Waals surface area contributed by atoms with Crippen molar-refractivity contribution in [1.29, 1.82) is 0 Å². The van der Waals surface area contributed by atoms with Gasteiger partial charge in [0.05, 0.1) is 0 Å². The number of hydrogen-bond acceptors (Lipinski definition) is 3. The van der Waals surface area contributed by atoms with Crippen LogP contribution >= 0.6 is 11.8 Å². The summed E-state index contributed by atoms with van der Waals surface area (Å²) in [4.78, 5) is 0. The number of halogens is 3. The molecule has 1 N–H and O–H groups in total. The zero-order valence-corrected chi connectivity index (χ0v) is 13.4. The minimum absolute atomic E-state index is 0.0236. The molecule has 1 aromatic carbocycles. The maximum Gasteiger partial charge on any atom is 0.573 e. The maximum atomic E-state index is 12.3. The van der Waals surface area contributed by atoms with Crippen molar-refractivity contribution in [1.82, 2.24) is 5.32 Å². The quantitative estimate of drug-likeness (QED) is 0.754. The van der Waals surface area contributed by atoms with E-state index < -0.39 is 6.36 Å². The van der Waals surface area contributed by atoms with Crippen molar-refractivity contribution in [3.05, 3.63) is 29.8 Å². The Hall–Kier alpha value is -0.880. The van der Waals surface area contributed by atoms with E-state index in [-0.39, 0.29) is 11.8 Å². The van der Waals surface area contributed by atoms with Gasteiger partial charge >= 0.3 is 6.36 Å². The highest BCUT2D eigenvalue weighted by atomic mass is 32.2. The highest BCUT2D eigenvalue weighted by Crippen LogP contribution is 2.27. The average molecular weight is 321 g/mol. The van der Waals surface area contributed by atoms with Gasteiger partial charge in [-0.1, -0.05) is 32.9 Å². The van der Waals surface area contributed by atoms with Gasteiger partial charge in [-0.25, -0.2) is 0 Å². The maximum absolute atomic E-state index is 12.3. The van der Waals surface area contributed by atoms with Gasteiger partial charge in [0.15, 0.2) is 0 Å². The lowest BCUT2D eigenvalue weighted by atomic mass is 10.1. The van der Waals surface area contributed by atoms with Gasteiger partial charge in [0, 0.05) is 11.8 Å². The summed E-state index contributed by atoms with van der Waals surface area (Å²) in [5.74, 6) is 2.27. The Kier molecular flexibility index (Phi) is 7.39. The van der Waals surface area contributed by atoms with Gasteiger partial charge in [-0.15, -0.1) is 13.2 Å². The van der Waals surface area contributed by atoms with Crippen LogP contribution in [0.5, 0.6) is 5.75 Å². The monoisotopic (exact) mass is 321 g/mol. The molecule has 0 bridgehead atoms. The van der Waals surface area contributed by atoms with Crippen molar-refractivity contribution in [3.8, 4) is 5.75 Å². The molecule has 0 amide bonds. The number of hydrogen-bond donors (Lipinski definition) is 1. The van der Waals surface area contributed by atoms with Crippen LogP contribution in [0.25, 0.3) is 0 Å². The van der Waals surface area contributed by atoms with Crippen LogP contribution < -0.4 is 10.1 Å². The molecule has 0 heterocycles. The van der Waals surface area contributed by atoms with E-state index in [2.05, 4.69) is 23.9 Å². The summed E-state index contributed by atoms with van der Waals surface area (Å²) in [5, 5.41) is 3.31. The predicted octanol–water partition coefficient (Wildman–Crippen LogP) is 4.63. The second-order valence-electron chi connectivity index (χ2n) is 5.16. The standard InChI is InChI=1S/C15H22F3NOS/c1-4-19-14(10-21-9-11(2)3)12-6-5-7-13(8-12)20-15(16,17)18/h5-8,11,14,19H,4,9-10H2,1-3H3. The summed E-state index contributed by atoms with van der Waals surface area (Å²) in [5.41, 5.74) is 0.815. The minimum Gasteiger partial charge on any atom is -0.406 e. The van der Waals surface area contributed by atoms with Crippen LogP contribution in [-0.2, 0) is 0 Å². The van der Waals surface area contributed by atoms with Crippen molar-refractivity contribution in [2.75, 3.05) is 18.1 Å². The van der Waals surface area contributed by atoms with Gasteiger partial charge in [0.1, 0.15) is 5.75 Å². The first kappa shape index (κ1) is 18.2. The Bertz CT molecular complexity index is 424. The molecule has 0 aliphatic heterocycles. The summed E-state index contributed by atoms with van der Waals surface area (Å²) < 4.78 is 40.8. The van der Waals surface area contributed by atoms with E-state index >= 15 is 0 Å². The molecule has 2 nitrogen and oxygen atoms in total. The fraction of sp³-hybridized carbons (Fsp3) is 0.600. The van der Waals surface area contributed by atoms with E-state index in [1.165, 1.54) is 12.1 Å². The molecule has 0 radical (unpaired) electrons. The first-order chi connectivity index (χ1) is 9.81. The molecule has 1 atom stereocenters. The molecular formula is C15H22F3NOS. The fourth-order valence-corrected chi connectivity index (χ4v) is 3.02. The molecule has 0 aromatic heterocycles. The fourth-order valence-electron chi connectivity index (χ4n) is 1.87. The van der Waals surface area contributed by atoms with Crippen LogP contribution in [0.15, 0.2) is 24.3 Å². The van der Waals surface area contributed by atoms with E-state index in [9.17, 15) is 13.2 Å². The van der Waals surface area contributed by atoms with Gasteiger partial charge in [0.25, 0.3) is 0 Å². The Labute approximate surface area is 128 Å². The van der Waals surface area contributed by atoms with Crippen molar-refractivity contribution in [2.24, 2.45) is 5.92 Å². The second-order valence-corrected chi connectivity index (χ2v) is 6.24. The van der Waals surface area contributed by atoms with E-state index in [1.54, 1.807) is 17.8 Å². The van der Waals surface area contributed by atoms with Crippen molar-refractivity contribution in [2.45, 2.75) is 33.2 Å². The van der Waals surface area contributed by atoms with Crippen molar-refractivity contribution >= 4 is 11.8 Å². The van der Waals surface area contributed by atoms with Crippen molar-refractivity contribution < 1.29 is 17.9 Å². The molecule has 0 aliphatic rings. The smallest absolute Gasteiger partial charge is 0.406 e. The van der Waals surface area contributed by atoms with E-state index in [1.807, 2.05) is 13.0 Å². The molecule has 120 valence electrons. The largest absolute Gasteiger partial charge is 0.573 e. The zero-order chi connectivity index (χ0) is 15.9. The molecule has 0 aliphatic carbocycles. The molecule has 0 fully saturated rings. The lowest BCUT2D eigenvalue weighted by Gasteiger charge is -2.19. The van der Waals surface area contributed by atoms with Gasteiger partial charge < -0.3 is 10.1 Å². The normalized spacial score (nSPS) is 13.5. The molecule has 1 aromatic rings. The summed E-state index contributed by atoms with van der Waals surface area (Å²) in [6.45, 7) is 7.04. The average Bonchev–Trinajstić information content (AvgIpc) is 2.35. The van der Waals surface area contributed by atoms with Gasteiger partial charge in [-0.3, -0.25) is 0 Å². The van der Waals surface area contributed by atoms with Crippen LogP contribution in [0.4, 0.5) is 13.2 Å². The third-order valence-corrected chi connectivity index (χ3v) is 4.15. The molecular weight excluding hydrogens is 299 g/mol. The number of nitrogens with one attached hydrogen (secondary N) is 1. The van der Waals surface area contributed by atoms with Crippen LogP contribution in [0.2, 0.25) is 0 Å². The first-order valence-electron chi connectivity index (χ1n) is 6.98. The van der Waals surface area contributed by atoms with Crippen LogP contribution in [-0.4, -0.2) is 24.4 Å². The number of alkyl halides is 3. The molecule has 6 heteroatoms. The topological polar surface area (TPSA) is 21.3 Å². The molecule has 1 unspecified atom stereocenters. The zero-order valence-electron chi connectivity index (χ0n) is 12.5. The van der Waals surface area contributed by atoms with Gasteiger partial charge in [0.2, 0.25) is 0 Å². The molecule has 1 rings (SSSR count). The molecule has 0 saturated heterocycles. The number of benzene rings is 1. The Balaban J connectivity index is 2.75. The molecule has 21 heavy (non-hydrogen) atoms. The van der Waals surface area contributed by atoms with Crippen molar-refractivity contribution in [3.63, 3.8) is 0 Å². The third-order valence-electron chi connectivity index (χ3n) is 2.68. The van der Waals surface area contributed by atoms with Crippen LogP contribution in [0.1, 0.15) is 32.4 Å². The van der Waals surface area contributed by atoms with E-state index in [4.69, 9.17) is 0 Å². The Morgan fingerprint density at radius 1 is 1.24 bits per heavy atom. The Morgan fingerprint density at radius 2 is 1.95 bits per heavy atom. The summed E-state index contributed by atoms with van der Waals surface area (Å²) >= 11 is 1.80. The lowest BCUT2D eigenvalue weighted by Crippen LogP contribution is -2.23. The van der Waals surface area contributed by atoms with Crippen LogP contribution in [0.3, 0.4) is 0 Å². The third kappa shape index (κ3) is 7.62. The molecule has 0 spiro atoms. The summed E-state index contributed by atoms with van der Waals surface area (Å²) in [7, 11) is 0. The summed E-state index contributed by atoms with van der Waals surface area (Å²) in [6, 6.07) is 6.22. The van der Waals surface area contributed by atoms with E-state index in [0.717, 1.165) is 23.6 Å². The first-order valence-corrected chi connectivity index (χ1v) is 8.14. The Morgan fingerprint density at radius 3 is 2.52 bits per heavy atom. The predicted molar refractivity (Wildman–Crippen MR) is 81.7 cm³/mol. The van der Waals surface area contributed by atoms with E-state index in [0.29, 0.717) is 5.92 Å². The molecule has 0 saturated carbocycles. The van der Waals surface area contributed by atoms with Crippen LogP contribution in [0, 0.1) is 5.92 Å². The second kappa shape index (κ2) is 8.54. The SMILES string of the molecule is CCNC(CSCC(C)C)c1cccc(OC(F)(F)F)c1. The number of thioether (sulfide) groups is 1. The van der Waals surface area contributed by atoms with Gasteiger partial charge in [-0.2, -0.15) is 11.8 Å². The highest BCUT2D eigenvalue weighted by Gasteiger charge is 2.31. The number of ether oxygens (including phenoxy) is 1. The lowest BCUT2D eigenvalue weighted by molar-refractivity contribution is -0.274. The summed E-state index contributed by atoms with van der Waals surface area (Å²) in [6.07, 6.45) is -4.65. The minimum atomic E-state index is -4.65. The highest BCUT2D eigenvalue weighted by molar-refractivity contribution is 7.99. The van der Waals surface area contributed by atoms with Gasteiger partial charge in [-0.05, 0) is 35.9 Å². The number of rotatable bonds is 8.